The molecular weight excluding hydrogens is 442 g/mol. The topological polar surface area (TPSA) is 126 Å². The largest absolute Gasteiger partial charge is 0.497 e. The van der Waals surface area contributed by atoms with Crippen LogP contribution in [0.4, 0.5) is 10.5 Å². The highest BCUT2D eigenvalue weighted by Crippen LogP contribution is 2.19. The lowest BCUT2D eigenvalue weighted by atomic mass is 10.1. The first kappa shape index (κ1) is 24.8. The molecular formula is C24H29N3O7. The Morgan fingerprint density at radius 2 is 1.85 bits per heavy atom. The zero-order valence-electron chi connectivity index (χ0n) is 19.2. The third-order valence-electron chi connectivity index (χ3n) is 5.44. The maximum atomic E-state index is 12.8. The molecule has 10 heteroatoms. The normalized spacial score (nSPS) is 17.8. The van der Waals surface area contributed by atoms with Crippen molar-refractivity contribution in [1.82, 2.24) is 10.2 Å². The molecule has 2 aromatic rings. The van der Waals surface area contributed by atoms with Crippen molar-refractivity contribution < 1.29 is 33.7 Å². The number of benzene rings is 2. The molecule has 0 aromatic heterocycles. The number of amides is 3. The number of nitrogens with zero attached hydrogens (tertiary/aromatic N) is 1. The lowest BCUT2D eigenvalue weighted by molar-refractivity contribution is -0.142. The Morgan fingerprint density at radius 3 is 2.56 bits per heavy atom. The van der Waals surface area contributed by atoms with Crippen LogP contribution in [-0.2, 0) is 9.53 Å². The van der Waals surface area contributed by atoms with Crippen molar-refractivity contribution in [2.75, 3.05) is 39.2 Å². The number of methoxy groups -OCH3 is 2. The predicted octanol–water partition coefficient (Wildman–Crippen LogP) is 2.03. The molecule has 182 valence electrons. The van der Waals surface area contributed by atoms with E-state index in [0.717, 1.165) is 0 Å². The number of hydrogen-bond donors (Lipinski definition) is 3. The average molecular weight is 472 g/mol. The van der Waals surface area contributed by atoms with Gasteiger partial charge in [-0.25, -0.2) is 9.59 Å². The lowest BCUT2D eigenvalue weighted by Crippen LogP contribution is -2.50. The van der Waals surface area contributed by atoms with Crippen molar-refractivity contribution >= 4 is 23.6 Å². The average Bonchev–Trinajstić information content (AvgIpc) is 3.04. The Labute approximate surface area is 197 Å². The summed E-state index contributed by atoms with van der Waals surface area (Å²) in [5.74, 6) is 0.135. The van der Waals surface area contributed by atoms with Crippen LogP contribution in [0, 0.1) is 0 Å². The molecule has 0 bridgehead atoms. The molecule has 0 aliphatic carbocycles. The fourth-order valence-corrected chi connectivity index (χ4v) is 3.53. The van der Waals surface area contributed by atoms with Crippen LogP contribution in [0.5, 0.6) is 11.5 Å². The summed E-state index contributed by atoms with van der Waals surface area (Å²) in [6.07, 6.45) is 0.265. The molecule has 34 heavy (non-hydrogen) atoms. The van der Waals surface area contributed by atoms with Crippen LogP contribution in [0.2, 0.25) is 0 Å². The van der Waals surface area contributed by atoms with Gasteiger partial charge in [-0.15, -0.1) is 0 Å². The second kappa shape index (κ2) is 11.9. The van der Waals surface area contributed by atoms with E-state index in [9.17, 15) is 19.5 Å². The van der Waals surface area contributed by atoms with Gasteiger partial charge in [-0.05, 0) is 49.2 Å². The van der Waals surface area contributed by atoms with Crippen molar-refractivity contribution in [3.63, 3.8) is 0 Å². The molecule has 2 unspecified atom stereocenters. The lowest BCUT2D eigenvalue weighted by Gasteiger charge is -2.27. The number of rotatable bonds is 7. The van der Waals surface area contributed by atoms with E-state index in [0.29, 0.717) is 42.1 Å². The highest BCUT2D eigenvalue weighted by atomic mass is 16.6. The second-order valence-electron chi connectivity index (χ2n) is 7.79. The van der Waals surface area contributed by atoms with Gasteiger partial charge >= 0.3 is 12.0 Å². The fourth-order valence-electron chi connectivity index (χ4n) is 3.53. The second-order valence-corrected chi connectivity index (χ2v) is 7.79. The number of carbonyl (C=O) groups excluding carboxylic acids is 3. The van der Waals surface area contributed by atoms with Crippen LogP contribution in [0.3, 0.4) is 0 Å². The van der Waals surface area contributed by atoms with E-state index < -0.39 is 24.0 Å². The number of aliphatic hydroxyl groups is 1. The molecule has 1 fully saturated rings. The summed E-state index contributed by atoms with van der Waals surface area (Å²) in [4.78, 5) is 38.3. The molecule has 0 radical (unpaired) electrons. The molecule has 0 saturated carbocycles. The molecule has 1 saturated heterocycles. The van der Waals surface area contributed by atoms with Gasteiger partial charge in [0.15, 0.2) is 6.61 Å². The molecule has 3 amide bonds. The standard InChI is InChI=1S/C24H29N3O7/c1-32-19-6-3-5-17(13-19)25-24(31)27-12-4-7-21(28)20(14-27)26-23(30)16-8-10-18(11-9-16)34-15-22(29)33-2/h3,5-6,8-11,13,20-21,28H,4,7,12,14-15H2,1-2H3,(H,25,31)(H,26,30). The van der Waals surface area contributed by atoms with Crippen LogP contribution in [0.25, 0.3) is 0 Å². The molecule has 2 atom stereocenters. The summed E-state index contributed by atoms with van der Waals surface area (Å²) >= 11 is 0. The fraction of sp³-hybridized carbons (Fsp3) is 0.375. The van der Waals surface area contributed by atoms with Gasteiger partial charge < -0.3 is 34.9 Å². The number of likely N-dealkylation sites (tertiary alicyclic amines) is 1. The Bertz CT molecular complexity index is 996. The summed E-state index contributed by atoms with van der Waals surface area (Å²) in [5.41, 5.74) is 0.943. The molecule has 1 aliphatic rings. The number of urea groups is 1. The number of esters is 1. The Kier molecular flexibility index (Phi) is 8.69. The maximum Gasteiger partial charge on any atom is 0.343 e. The van der Waals surface area contributed by atoms with Crippen molar-refractivity contribution in [3.8, 4) is 11.5 Å². The Hall–Kier alpha value is -3.79. The summed E-state index contributed by atoms with van der Waals surface area (Å²) in [6.45, 7) is 0.373. The van der Waals surface area contributed by atoms with Crippen molar-refractivity contribution in [2.24, 2.45) is 0 Å². The maximum absolute atomic E-state index is 12.8. The molecule has 10 nitrogen and oxygen atoms in total. The summed E-state index contributed by atoms with van der Waals surface area (Å²) in [5, 5.41) is 16.2. The number of hydrogen-bond acceptors (Lipinski definition) is 7. The molecule has 3 N–H and O–H groups in total. The monoisotopic (exact) mass is 471 g/mol. The van der Waals surface area contributed by atoms with Gasteiger partial charge in [0.2, 0.25) is 0 Å². The van der Waals surface area contributed by atoms with Crippen LogP contribution in [0.1, 0.15) is 23.2 Å². The predicted molar refractivity (Wildman–Crippen MR) is 124 cm³/mol. The molecule has 1 heterocycles. The van der Waals surface area contributed by atoms with Crippen LogP contribution in [0.15, 0.2) is 48.5 Å². The van der Waals surface area contributed by atoms with Gasteiger partial charge in [0.25, 0.3) is 5.91 Å². The summed E-state index contributed by atoms with van der Waals surface area (Å²) in [6, 6.07) is 12.3. The summed E-state index contributed by atoms with van der Waals surface area (Å²) < 4.78 is 15.0. The first-order valence-corrected chi connectivity index (χ1v) is 10.9. The quantitative estimate of drug-likeness (QED) is 0.528. The van der Waals surface area contributed by atoms with Crippen molar-refractivity contribution in [3.05, 3.63) is 54.1 Å². The zero-order chi connectivity index (χ0) is 24.5. The number of anilines is 1. The number of ether oxygens (including phenoxy) is 3. The number of nitrogens with one attached hydrogen (secondary N) is 2. The highest BCUT2D eigenvalue weighted by molar-refractivity contribution is 5.94. The summed E-state index contributed by atoms with van der Waals surface area (Å²) in [7, 11) is 2.82. The number of aliphatic hydroxyl groups excluding tert-OH is 1. The van der Waals surface area contributed by atoms with E-state index in [4.69, 9.17) is 9.47 Å². The first-order chi connectivity index (χ1) is 16.4. The minimum atomic E-state index is -0.791. The van der Waals surface area contributed by atoms with Crippen molar-refractivity contribution in [2.45, 2.75) is 25.0 Å². The van der Waals surface area contributed by atoms with Crippen LogP contribution in [-0.4, -0.2) is 74.0 Å². The molecule has 2 aromatic carbocycles. The van der Waals surface area contributed by atoms with Gasteiger partial charge in [-0.2, -0.15) is 0 Å². The van der Waals surface area contributed by atoms with Gasteiger partial charge in [0, 0.05) is 30.4 Å². The van der Waals surface area contributed by atoms with E-state index in [1.165, 1.54) is 7.11 Å². The van der Waals surface area contributed by atoms with E-state index in [1.807, 2.05) is 0 Å². The van der Waals surface area contributed by atoms with Gasteiger partial charge in [0.1, 0.15) is 11.5 Å². The van der Waals surface area contributed by atoms with E-state index in [1.54, 1.807) is 60.5 Å². The first-order valence-electron chi connectivity index (χ1n) is 10.9. The van der Waals surface area contributed by atoms with Gasteiger partial charge in [0.05, 0.1) is 26.4 Å². The molecule has 1 aliphatic heterocycles. The van der Waals surface area contributed by atoms with Gasteiger partial charge in [-0.3, -0.25) is 4.79 Å². The third kappa shape index (κ3) is 6.85. The molecule has 0 spiro atoms. The van der Waals surface area contributed by atoms with Crippen LogP contribution >= 0.6 is 0 Å². The van der Waals surface area contributed by atoms with E-state index in [2.05, 4.69) is 15.4 Å². The highest BCUT2D eigenvalue weighted by Gasteiger charge is 2.29. The van der Waals surface area contributed by atoms with Crippen LogP contribution < -0.4 is 20.1 Å². The number of carbonyl (C=O) groups is 3. The zero-order valence-corrected chi connectivity index (χ0v) is 19.2. The smallest absolute Gasteiger partial charge is 0.343 e. The third-order valence-corrected chi connectivity index (χ3v) is 5.44. The molecule has 3 rings (SSSR count). The van der Waals surface area contributed by atoms with E-state index >= 15 is 0 Å². The SMILES string of the molecule is COC(=O)COc1ccc(C(=O)NC2CN(C(=O)Nc3cccc(OC)c3)CCCC2O)cc1. The van der Waals surface area contributed by atoms with E-state index in [-0.39, 0.29) is 19.2 Å². The Morgan fingerprint density at radius 1 is 1.09 bits per heavy atom. The minimum absolute atomic E-state index is 0.156. The minimum Gasteiger partial charge on any atom is -0.497 e. The Balaban J connectivity index is 1.60. The van der Waals surface area contributed by atoms with Gasteiger partial charge in [-0.1, -0.05) is 6.07 Å². The van der Waals surface area contributed by atoms with Crippen molar-refractivity contribution in [1.29, 1.82) is 0 Å².